The van der Waals surface area contributed by atoms with Gasteiger partial charge in [0.25, 0.3) is 0 Å². The van der Waals surface area contributed by atoms with E-state index in [4.69, 9.17) is 0 Å². The fraction of sp³-hybridized carbons (Fsp3) is 0.778. The number of nitrogens with zero attached hydrogens (tertiary/aromatic N) is 3. The van der Waals surface area contributed by atoms with E-state index in [9.17, 15) is 0 Å². The van der Waals surface area contributed by atoms with Gasteiger partial charge in [0.2, 0.25) is 5.13 Å². The first-order chi connectivity index (χ1) is 6.33. The number of hydrogen-bond acceptors (Lipinski definition) is 4. The molecular formula is C9H13N3S. The van der Waals surface area contributed by atoms with Gasteiger partial charge in [0, 0.05) is 24.6 Å². The average Bonchev–Trinajstić information content (AvgIpc) is 2.74. The lowest BCUT2D eigenvalue weighted by Gasteiger charge is -2.39. The van der Waals surface area contributed by atoms with Crippen LogP contribution in [-0.4, -0.2) is 22.4 Å². The molecule has 1 aliphatic carbocycles. The first kappa shape index (κ1) is 7.74. The second kappa shape index (κ2) is 2.67. The summed E-state index contributed by atoms with van der Waals surface area (Å²) in [6.07, 6.45) is 2.93. The summed E-state index contributed by atoms with van der Waals surface area (Å²) in [4.78, 5) is 6.74. The molecule has 4 heteroatoms. The second-order valence-corrected chi connectivity index (χ2v) is 4.86. The van der Waals surface area contributed by atoms with Gasteiger partial charge < -0.3 is 4.90 Å². The molecule has 2 fully saturated rings. The van der Waals surface area contributed by atoms with Gasteiger partial charge in [-0.05, 0) is 31.6 Å². The van der Waals surface area contributed by atoms with E-state index in [2.05, 4.69) is 14.3 Å². The van der Waals surface area contributed by atoms with Crippen molar-refractivity contribution in [1.29, 1.82) is 0 Å². The number of hydrogen-bond donors (Lipinski definition) is 0. The Labute approximate surface area is 82.0 Å². The van der Waals surface area contributed by atoms with Crippen LogP contribution in [0.2, 0.25) is 0 Å². The van der Waals surface area contributed by atoms with Crippen LogP contribution < -0.4 is 4.90 Å². The third kappa shape index (κ3) is 1.33. The van der Waals surface area contributed by atoms with Gasteiger partial charge in [0.15, 0.2) is 0 Å². The van der Waals surface area contributed by atoms with Crippen LogP contribution >= 0.6 is 11.5 Å². The number of aryl methyl sites for hydroxylation is 1. The minimum absolute atomic E-state index is 0.912. The third-order valence-electron chi connectivity index (χ3n) is 2.99. The van der Waals surface area contributed by atoms with Crippen molar-refractivity contribution in [2.24, 2.45) is 11.8 Å². The van der Waals surface area contributed by atoms with Crippen molar-refractivity contribution in [2.45, 2.75) is 19.8 Å². The zero-order chi connectivity index (χ0) is 8.84. The highest BCUT2D eigenvalue weighted by Crippen LogP contribution is 2.42. The number of rotatable bonds is 2. The molecule has 1 aromatic heterocycles. The van der Waals surface area contributed by atoms with Gasteiger partial charge in [-0.1, -0.05) is 0 Å². The highest BCUT2D eigenvalue weighted by Gasteiger charge is 2.40. The van der Waals surface area contributed by atoms with Crippen molar-refractivity contribution < 1.29 is 0 Å². The Balaban J connectivity index is 1.63. The van der Waals surface area contributed by atoms with Crippen LogP contribution in [0.25, 0.3) is 0 Å². The SMILES string of the molecule is Cc1nsc(N2CC(C3CC3)C2)n1. The molecule has 13 heavy (non-hydrogen) atoms. The van der Waals surface area contributed by atoms with Crippen LogP contribution in [0, 0.1) is 18.8 Å². The summed E-state index contributed by atoms with van der Waals surface area (Å²) in [7, 11) is 0. The zero-order valence-corrected chi connectivity index (χ0v) is 8.55. The average molecular weight is 195 g/mol. The quantitative estimate of drug-likeness (QED) is 0.719. The normalized spacial score (nSPS) is 23.3. The lowest BCUT2D eigenvalue weighted by Crippen LogP contribution is -2.47. The maximum Gasteiger partial charge on any atom is 0.205 e. The molecule has 0 N–H and O–H groups in total. The topological polar surface area (TPSA) is 29.0 Å². The van der Waals surface area contributed by atoms with E-state index in [1.54, 1.807) is 0 Å². The third-order valence-corrected chi connectivity index (χ3v) is 3.85. The fourth-order valence-corrected chi connectivity index (χ4v) is 2.64. The summed E-state index contributed by atoms with van der Waals surface area (Å²) in [5, 5.41) is 1.12. The second-order valence-electron chi connectivity index (χ2n) is 4.13. The van der Waals surface area contributed by atoms with E-state index in [0.29, 0.717) is 0 Å². The lowest BCUT2D eigenvalue weighted by atomic mass is 9.95. The minimum atomic E-state index is 0.912. The fourth-order valence-electron chi connectivity index (χ4n) is 1.95. The molecule has 0 spiro atoms. The van der Waals surface area contributed by atoms with E-state index in [1.165, 1.54) is 37.5 Å². The summed E-state index contributed by atoms with van der Waals surface area (Å²) in [6.45, 7) is 4.40. The molecule has 0 amide bonds. The van der Waals surface area contributed by atoms with Crippen LogP contribution in [0.1, 0.15) is 18.7 Å². The number of aromatic nitrogens is 2. The molecular weight excluding hydrogens is 182 g/mol. The summed E-state index contributed by atoms with van der Waals surface area (Å²) < 4.78 is 4.19. The van der Waals surface area contributed by atoms with Crippen LogP contribution in [0.15, 0.2) is 0 Å². The molecule has 0 aromatic carbocycles. The molecule has 2 aliphatic rings. The van der Waals surface area contributed by atoms with Crippen molar-refractivity contribution in [3.05, 3.63) is 5.82 Å². The Bertz CT molecular complexity index is 312. The lowest BCUT2D eigenvalue weighted by molar-refractivity contribution is 0.364. The van der Waals surface area contributed by atoms with Gasteiger partial charge in [-0.25, -0.2) is 4.98 Å². The predicted molar refractivity (Wildman–Crippen MR) is 53.1 cm³/mol. The number of anilines is 1. The Hall–Kier alpha value is -0.640. The van der Waals surface area contributed by atoms with E-state index in [0.717, 1.165) is 22.8 Å². The molecule has 1 saturated heterocycles. The van der Waals surface area contributed by atoms with Gasteiger partial charge in [-0.15, -0.1) is 0 Å². The molecule has 2 heterocycles. The maximum atomic E-state index is 4.38. The minimum Gasteiger partial charge on any atom is -0.346 e. The van der Waals surface area contributed by atoms with E-state index in [-0.39, 0.29) is 0 Å². The zero-order valence-electron chi connectivity index (χ0n) is 7.73. The molecule has 1 saturated carbocycles. The molecule has 1 aromatic rings. The van der Waals surface area contributed by atoms with Gasteiger partial charge in [0.1, 0.15) is 5.82 Å². The summed E-state index contributed by atoms with van der Waals surface area (Å²) in [5.41, 5.74) is 0. The highest BCUT2D eigenvalue weighted by molar-refractivity contribution is 7.09. The summed E-state index contributed by atoms with van der Waals surface area (Å²) in [6, 6.07) is 0. The summed E-state index contributed by atoms with van der Waals surface area (Å²) in [5.74, 6) is 2.92. The molecule has 0 radical (unpaired) electrons. The Morgan fingerprint density at radius 1 is 1.31 bits per heavy atom. The Morgan fingerprint density at radius 3 is 2.62 bits per heavy atom. The van der Waals surface area contributed by atoms with E-state index in [1.807, 2.05) is 6.92 Å². The molecule has 0 atom stereocenters. The van der Waals surface area contributed by atoms with Crippen molar-refractivity contribution >= 4 is 16.7 Å². The van der Waals surface area contributed by atoms with Gasteiger partial charge >= 0.3 is 0 Å². The summed E-state index contributed by atoms with van der Waals surface area (Å²) >= 11 is 1.53. The molecule has 70 valence electrons. The largest absolute Gasteiger partial charge is 0.346 e. The first-order valence-electron chi connectivity index (χ1n) is 4.88. The van der Waals surface area contributed by atoms with Gasteiger partial charge in [-0.3, -0.25) is 0 Å². The highest BCUT2D eigenvalue weighted by atomic mass is 32.1. The first-order valence-corrected chi connectivity index (χ1v) is 5.65. The Kier molecular flexibility index (Phi) is 1.59. The van der Waals surface area contributed by atoms with E-state index >= 15 is 0 Å². The smallest absolute Gasteiger partial charge is 0.205 e. The Morgan fingerprint density at radius 2 is 2.08 bits per heavy atom. The van der Waals surface area contributed by atoms with Crippen LogP contribution in [0.3, 0.4) is 0 Å². The van der Waals surface area contributed by atoms with Gasteiger partial charge in [0.05, 0.1) is 0 Å². The standard InChI is InChI=1S/C9H13N3S/c1-6-10-9(13-11-6)12-4-8(5-12)7-2-3-7/h7-8H,2-5H2,1H3. The van der Waals surface area contributed by atoms with Crippen molar-refractivity contribution in [1.82, 2.24) is 9.36 Å². The predicted octanol–water partition coefficient (Wildman–Crippen LogP) is 1.69. The maximum absolute atomic E-state index is 4.38. The van der Waals surface area contributed by atoms with E-state index < -0.39 is 0 Å². The van der Waals surface area contributed by atoms with Crippen LogP contribution in [0.5, 0.6) is 0 Å². The van der Waals surface area contributed by atoms with Crippen LogP contribution in [-0.2, 0) is 0 Å². The van der Waals surface area contributed by atoms with Crippen molar-refractivity contribution in [3.63, 3.8) is 0 Å². The molecule has 3 nitrogen and oxygen atoms in total. The molecule has 0 unspecified atom stereocenters. The molecule has 0 bridgehead atoms. The van der Waals surface area contributed by atoms with Gasteiger partial charge in [-0.2, -0.15) is 4.37 Å². The molecule has 1 aliphatic heterocycles. The van der Waals surface area contributed by atoms with Crippen LogP contribution in [0.4, 0.5) is 5.13 Å². The van der Waals surface area contributed by atoms with Crippen molar-refractivity contribution in [2.75, 3.05) is 18.0 Å². The van der Waals surface area contributed by atoms with Crippen molar-refractivity contribution in [3.8, 4) is 0 Å². The monoisotopic (exact) mass is 195 g/mol. The molecule has 3 rings (SSSR count).